The van der Waals surface area contributed by atoms with Gasteiger partial charge >= 0.3 is 0 Å². The van der Waals surface area contributed by atoms with Gasteiger partial charge in [-0.1, -0.05) is 0 Å². The number of hydrogen-bond acceptors (Lipinski definition) is 4. The van der Waals surface area contributed by atoms with Crippen LogP contribution >= 0.6 is 0 Å². The summed E-state index contributed by atoms with van der Waals surface area (Å²) in [7, 11) is 1.69. The molecule has 0 saturated heterocycles. The van der Waals surface area contributed by atoms with E-state index in [2.05, 4.69) is 27.1 Å². The minimum absolute atomic E-state index is 0.231. The Morgan fingerprint density at radius 2 is 2.32 bits per heavy atom. The van der Waals surface area contributed by atoms with Gasteiger partial charge in [0, 0.05) is 32.9 Å². The fourth-order valence-corrected chi connectivity index (χ4v) is 1.77. The Balaban J connectivity index is 2.25. The number of hydrogen-bond donors (Lipinski definition) is 1. The number of aromatic nitrogens is 2. The third-order valence-corrected chi connectivity index (χ3v) is 3.00. The fourth-order valence-electron chi connectivity index (χ4n) is 1.77. The minimum atomic E-state index is -0.231. The monoisotopic (exact) mass is 264 g/mol. The van der Waals surface area contributed by atoms with Crippen LogP contribution in [0.4, 0.5) is 0 Å². The maximum atomic E-state index is 8.95. The van der Waals surface area contributed by atoms with Gasteiger partial charge in [0.05, 0.1) is 30.1 Å². The van der Waals surface area contributed by atoms with Gasteiger partial charge in [0.25, 0.3) is 0 Å². The average Bonchev–Trinajstić information content (AvgIpc) is 2.82. The molecule has 0 radical (unpaired) electrons. The van der Waals surface area contributed by atoms with Gasteiger partial charge in [-0.05, 0) is 26.7 Å². The third-order valence-electron chi connectivity index (χ3n) is 3.00. The lowest BCUT2D eigenvalue weighted by molar-refractivity contribution is 0.199. The normalized spacial score (nSPS) is 11.5. The second-order valence-corrected chi connectivity index (χ2v) is 5.37. The molecule has 0 fully saturated rings. The van der Waals surface area contributed by atoms with Crippen molar-refractivity contribution in [3.63, 3.8) is 0 Å². The highest BCUT2D eigenvalue weighted by Crippen LogP contribution is 2.20. The molecule has 1 aromatic rings. The summed E-state index contributed by atoms with van der Waals surface area (Å²) in [5, 5.41) is 12.2. The molecule has 0 aromatic carbocycles. The Morgan fingerprint density at radius 3 is 3.00 bits per heavy atom. The second kappa shape index (κ2) is 7.93. The van der Waals surface area contributed by atoms with Crippen LogP contribution in [0.3, 0.4) is 0 Å². The Labute approximate surface area is 115 Å². The van der Waals surface area contributed by atoms with E-state index < -0.39 is 0 Å². The summed E-state index contributed by atoms with van der Waals surface area (Å²) < 4.78 is 7.05. The standard InChI is InChI=1S/C14H24N4O/c1-14(2,11-15)5-4-7-18-10-13(17-12-18)9-16-6-8-19-3/h10,12,16H,4-9H2,1-3H3. The Bertz CT molecular complexity index is 406. The molecule has 0 atom stereocenters. The van der Waals surface area contributed by atoms with Gasteiger partial charge in [0.15, 0.2) is 0 Å². The van der Waals surface area contributed by atoms with E-state index in [1.807, 2.05) is 20.2 Å². The molecule has 0 aliphatic heterocycles. The lowest BCUT2D eigenvalue weighted by Gasteiger charge is -2.14. The van der Waals surface area contributed by atoms with Crippen molar-refractivity contribution < 1.29 is 4.74 Å². The molecule has 5 nitrogen and oxygen atoms in total. The summed E-state index contributed by atoms with van der Waals surface area (Å²) >= 11 is 0. The summed E-state index contributed by atoms with van der Waals surface area (Å²) in [4.78, 5) is 4.34. The van der Waals surface area contributed by atoms with Crippen molar-refractivity contribution in [2.45, 2.75) is 39.8 Å². The van der Waals surface area contributed by atoms with Crippen LogP contribution in [0.25, 0.3) is 0 Å². The highest BCUT2D eigenvalue weighted by molar-refractivity contribution is 4.96. The first kappa shape index (κ1) is 15.7. The van der Waals surface area contributed by atoms with Crippen molar-refractivity contribution in [3.05, 3.63) is 18.2 Å². The highest BCUT2D eigenvalue weighted by atomic mass is 16.5. The summed E-state index contributed by atoms with van der Waals surface area (Å²) in [5.74, 6) is 0. The van der Waals surface area contributed by atoms with E-state index >= 15 is 0 Å². The van der Waals surface area contributed by atoms with Crippen molar-refractivity contribution in [1.29, 1.82) is 5.26 Å². The quantitative estimate of drug-likeness (QED) is 0.692. The van der Waals surface area contributed by atoms with Crippen LogP contribution in [0.2, 0.25) is 0 Å². The Hall–Kier alpha value is -1.38. The molecule has 5 heteroatoms. The van der Waals surface area contributed by atoms with E-state index in [1.165, 1.54) is 0 Å². The summed E-state index contributed by atoms with van der Waals surface area (Å²) in [6.07, 6.45) is 5.81. The maximum absolute atomic E-state index is 8.95. The first-order valence-corrected chi connectivity index (χ1v) is 6.69. The molecule has 0 amide bonds. The predicted molar refractivity (Wildman–Crippen MR) is 74.4 cm³/mol. The zero-order chi connectivity index (χ0) is 14.1. The van der Waals surface area contributed by atoms with Crippen molar-refractivity contribution in [1.82, 2.24) is 14.9 Å². The molecule has 0 saturated carbocycles. The van der Waals surface area contributed by atoms with Gasteiger partial charge in [0.2, 0.25) is 0 Å². The van der Waals surface area contributed by atoms with E-state index in [9.17, 15) is 0 Å². The highest BCUT2D eigenvalue weighted by Gasteiger charge is 2.15. The summed E-state index contributed by atoms with van der Waals surface area (Å²) in [5.41, 5.74) is 0.807. The molecule has 0 aliphatic carbocycles. The van der Waals surface area contributed by atoms with Crippen LogP contribution in [0.1, 0.15) is 32.4 Å². The first-order chi connectivity index (χ1) is 9.07. The van der Waals surface area contributed by atoms with E-state index in [0.717, 1.165) is 38.2 Å². The van der Waals surface area contributed by atoms with Crippen LogP contribution < -0.4 is 5.32 Å². The van der Waals surface area contributed by atoms with E-state index in [0.29, 0.717) is 6.61 Å². The molecule has 19 heavy (non-hydrogen) atoms. The van der Waals surface area contributed by atoms with Crippen molar-refractivity contribution in [3.8, 4) is 6.07 Å². The maximum Gasteiger partial charge on any atom is 0.0949 e. The second-order valence-electron chi connectivity index (χ2n) is 5.37. The molecule has 1 heterocycles. The van der Waals surface area contributed by atoms with Crippen molar-refractivity contribution in [2.24, 2.45) is 5.41 Å². The molecular weight excluding hydrogens is 240 g/mol. The minimum Gasteiger partial charge on any atom is -0.383 e. The third kappa shape index (κ3) is 6.37. The Morgan fingerprint density at radius 1 is 1.53 bits per heavy atom. The van der Waals surface area contributed by atoms with Crippen LogP contribution in [0.5, 0.6) is 0 Å². The van der Waals surface area contributed by atoms with E-state index in [1.54, 1.807) is 7.11 Å². The Kier molecular flexibility index (Phi) is 6.54. The molecule has 1 rings (SSSR count). The molecule has 0 bridgehead atoms. The lowest BCUT2D eigenvalue weighted by Crippen LogP contribution is -2.18. The smallest absolute Gasteiger partial charge is 0.0949 e. The number of rotatable bonds is 9. The van der Waals surface area contributed by atoms with Crippen LogP contribution in [0.15, 0.2) is 12.5 Å². The summed E-state index contributed by atoms with van der Waals surface area (Å²) in [6.45, 7) is 7.18. The predicted octanol–water partition coefficient (Wildman–Crippen LogP) is 1.95. The number of ether oxygens (including phenoxy) is 1. The van der Waals surface area contributed by atoms with Gasteiger partial charge in [-0.2, -0.15) is 5.26 Å². The van der Waals surface area contributed by atoms with Gasteiger partial charge in [-0.3, -0.25) is 0 Å². The molecule has 0 unspecified atom stereocenters. The number of aryl methyl sites for hydroxylation is 1. The topological polar surface area (TPSA) is 62.9 Å². The number of nitriles is 1. The largest absolute Gasteiger partial charge is 0.383 e. The van der Waals surface area contributed by atoms with Crippen LogP contribution in [-0.4, -0.2) is 29.8 Å². The van der Waals surface area contributed by atoms with E-state index in [-0.39, 0.29) is 5.41 Å². The van der Waals surface area contributed by atoms with Gasteiger partial charge in [0.1, 0.15) is 0 Å². The molecule has 1 aromatic heterocycles. The van der Waals surface area contributed by atoms with Crippen LogP contribution in [0, 0.1) is 16.7 Å². The molecule has 0 aliphatic rings. The van der Waals surface area contributed by atoms with Crippen molar-refractivity contribution >= 4 is 0 Å². The number of nitrogens with one attached hydrogen (secondary N) is 1. The van der Waals surface area contributed by atoms with Crippen LogP contribution in [-0.2, 0) is 17.8 Å². The van der Waals surface area contributed by atoms with Gasteiger partial charge in [-0.15, -0.1) is 0 Å². The molecule has 106 valence electrons. The summed E-state index contributed by atoms with van der Waals surface area (Å²) in [6, 6.07) is 2.33. The van der Waals surface area contributed by atoms with E-state index in [4.69, 9.17) is 10.00 Å². The molecule has 1 N–H and O–H groups in total. The average molecular weight is 264 g/mol. The number of imidazole rings is 1. The van der Waals surface area contributed by atoms with Gasteiger partial charge in [-0.25, -0.2) is 4.98 Å². The number of methoxy groups -OCH3 is 1. The molecular formula is C14H24N4O. The SMILES string of the molecule is COCCNCc1cn(CCCC(C)(C)C#N)cn1. The zero-order valence-electron chi connectivity index (χ0n) is 12.1. The van der Waals surface area contributed by atoms with Crippen molar-refractivity contribution in [2.75, 3.05) is 20.3 Å². The fraction of sp³-hybridized carbons (Fsp3) is 0.714. The van der Waals surface area contributed by atoms with Gasteiger partial charge < -0.3 is 14.6 Å². The number of nitrogens with zero attached hydrogens (tertiary/aromatic N) is 3. The first-order valence-electron chi connectivity index (χ1n) is 6.69. The lowest BCUT2D eigenvalue weighted by atomic mass is 9.90. The zero-order valence-corrected chi connectivity index (χ0v) is 12.1. The molecule has 0 spiro atoms.